The van der Waals surface area contributed by atoms with Crippen LogP contribution in [0.2, 0.25) is 0 Å². The molecule has 2 bridgehead atoms. The first-order valence-corrected chi connectivity index (χ1v) is 10.7. The summed E-state index contributed by atoms with van der Waals surface area (Å²) in [7, 11) is -3.42. The molecule has 126 valence electrons. The Morgan fingerprint density at radius 1 is 1.27 bits per heavy atom. The van der Waals surface area contributed by atoms with Gasteiger partial charge in [0.15, 0.2) is 5.78 Å². The van der Waals surface area contributed by atoms with Crippen molar-refractivity contribution >= 4 is 25.1 Å². The molecule has 2 rings (SSSR count). The first-order valence-electron chi connectivity index (χ1n) is 7.92. The maximum Gasteiger partial charge on any atom is 0.368 e. The second-order valence-electron chi connectivity index (χ2n) is 6.73. The molecule has 0 aromatic heterocycles. The first kappa shape index (κ1) is 18.3. The Hall–Kier alpha value is -0.0900. The van der Waals surface area contributed by atoms with Crippen molar-refractivity contribution in [2.24, 2.45) is 16.7 Å². The number of hydrogen-bond donors (Lipinski definition) is 0. The SMILES string of the molecule is CCOP(=O)(OCC)/C(SC)=C1\C(=O)C2CCC1(C)C2(C)C. The quantitative estimate of drug-likeness (QED) is 0.508. The van der Waals surface area contributed by atoms with Crippen LogP contribution in [0.15, 0.2) is 10.2 Å². The van der Waals surface area contributed by atoms with Crippen molar-refractivity contribution in [2.75, 3.05) is 19.5 Å². The lowest BCUT2D eigenvalue weighted by atomic mass is 9.69. The van der Waals surface area contributed by atoms with Gasteiger partial charge in [-0.05, 0) is 38.4 Å². The molecule has 0 heterocycles. The molecule has 2 saturated carbocycles. The third kappa shape index (κ3) is 2.36. The van der Waals surface area contributed by atoms with Gasteiger partial charge in [-0.3, -0.25) is 9.36 Å². The van der Waals surface area contributed by atoms with Gasteiger partial charge in [-0.25, -0.2) is 0 Å². The van der Waals surface area contributed by atoms with Gasteiger partial charge >= 0.3 is 7.60 Å². The Morgan fingerprint density at radius 3 is 2.18 bits per heavy atom. The Kier molecular flexibility index (Phi) is 5.05. The lowest BCUT2D eigenvalue weighted by molar-refractivity contribution is -0.119. The van der Waals surface area contributed by atoms with E-state index in [1.807, 2.05) is 6.26 Å². The van der Waals surface area contributed by atoms with E-state index in [4.69, 9.17) is 9.05 Å². The van der Waals surface area contributed by atoms with Gasteiger partial charge in [0.2, 0.25) is 0 Å². The molecule has 0 aromatic rings. The number of rotatable bonds is 6. The van der Waals surface area contributed by atoms with Gasteiger partial charge in [0, 0.05) is 16.9 Å². The van der Waals surface area contributed by atoms with Crippen LogP contribution in [0.25, 0.3) is 0 Å². The van der Waals surface area contributed by atoms with E-state index in [1.165, 1.54) is 11.8 Å². The van der Waals surface area contributed by atoms with Crippen molar-refractivity contribution in [3.05, 3.63) is 10.2 Å². The average molecular weight is 346 g/mol. The maximum atomic E-state index is 13.2. The van der Waals surface area contributed by atoms with Crippen LogP contribution in [0.5, 0.6) is 0 Å². The summed E-state index contributed by atoms with van der Waals surface area (Å²) >= 11 is 1.34. The van der Waals surface area contributed by atoms with E-state index in [2.05, 4.69) is 20.8 Å². The number of ketones is 1. The summed E-state index contributed by atoms with van der Waals surface area (Å²) in [5.74, 6) is 0.161. The van der Waals surface area contributed by atoms with E-state index in [0.717, 1.165) is 12.8 Å². The topological polar surface area (TPSA) is 52.6 Å². The van der Waals surface area contributed by atoms with Crippen LogP contribution in [0, 0.1) is 16.7 Å². The van der Waals surface area contributed by atoms with Crippen molar-refractivity contribution in [2.45, 2.75) is 47.5 Å². The van der Waals surface area contributed by atoms with Gasteiger partial charge in [-0.15, -0.1) is 11.8 Å². The smallest absolute Gasteiger partial charge is 0.305 e. The number of Topliss-reactive ketones (excluding diaryl/α,β-unsaturated/α-hetero) is 1. The molecular weight excluding hydrogens is 319 g/mol. The van der Waals surface area contributed by atoms with Gasteiger partial charge in [0.1, 0.15) is 4.65 Å². The van der Waals surface area contributed by atoms with E-state index in [-0.39, 0.29) is 22.5 Å². The number of hydrogen-bond acceptors (Lipinski definition) is 5. The molecule has 0 N–H and O–H groups in total. The van der Waals surface area contributed by atoms with E-state index in [9.17, 15) is 9.36 Å². The van der Waals surface area contributed by atoms with Crippen LogP contribution in [0.1, 0.15) is 47.5 Å². The minimum atomic E-state index is -3.42. The lowest BCUT2D eigenvalue weighted by Gasteiger charge is -2.36. The van der Waals surface area contributed by atoms with Crippen molar-refractivity contribution < 1.29 is 18.4 Å². The highest BCUT2D eigenvalue weighted by molar-refractivity contribution is 8.09. The molecule has 0 aliphatic heterocycles. The summed E-state index contributed by atoms with van der Waals surface area (Å²) in [5.41, 5.74) is 0.340. The summed E-state index contributed by atoms with van der Waals surface area (Å²) in [6.07, 6.45) is 3.72. The van der Waals surface area contributed by atoms with Crippen molar-refractivity contribution in [1.82, 2.24) is 0 Å². The van der Waals surface area contributed by atoms with Gasteiger partial charge in [0.25, 0.3) is 0 Å². The molecule has 2 atom stereocenters. The molecule has 0 amide bonds. The molecule has 22 heavy (non-hydrogen) atoms. The molecule has 0 radical (unpaired) electrons. The minimum Gasteiger partial charge on any atom is -0.305 e. The van der Waals surface area contributed by atoms with Crippen LogP contribution in [-0.2, 0) is 18.4 Å². The zero-order valence-corrected chi connectivity index (χ0v) is 16.1. The molecule has 2 aliphatic carbocycles. The van der Waals surface area contributed by atoms with Crippen LogP contribution in [0.3, 0.4) is 0 Å². The average Bonchev–Trinajstić information content (AvgIpc) is 2.73. The Labute approximate surface area is 137 Å². The zero-order valence-electron chi connectivity index (χ0n) is 14.4. The number of fused-ring (bicyclic) bond motifs is 2. The highest BCUT2D eigenvalue weighted by atomic mass is 32.2. The largest absolute Gasteiger partial charge is 0.368 e. The van der Waals surface area contributed by atoms with Gasteiger partial charge in [-0.1, -0.05) is 20.8 Å². The number of thioether (sulfide) groups is 1. The molecule has 6 heteroatoms. The molecule has 4 nitrogen and oxygen atoms in total. The molecule has 2 fully saturated rings. The third-order valence-corrected chi connectivity index (χ3v) is 9.32. The second kappa shape index (κ2) is 6.08. The summed E-state index contributed by atoms with van der Waals surface area (Å²) in [4.78, 5) is 12.9. The number of carbonyl (C=O) groups excluding carboxylic acids is 1. The molecule has 2 aliphatic rings. The fourth-order valence-electron chi connectivity index (χ4n) is 4.04. The maximum absolute atomic E-state index is 13.2. The Bertz CT molecular complexity index is 544. The summed E-state index contributed by atoms with van der Waals surface area (Å²) in [6, 6.07) is 0. The van der Waals surface area contributed by atoms with Crippen LogP contribution < -0.4 is 0 Å². The molecule has 0 spiro atoms. The van der Waals surface area contributed by atoms with Gasteiger partial charge < -0.3 is 9.05 Å². The van der Waals surface area contributed by atoms with Crippen LogP contribution >= 0.6 is 19.4 Å². The highest BCUT2D eigenvalue weighted by Gasteiger charge is 2.65. The van der Waals surface area contributed by atoms with Gasteiger partial charge in [-0.2, -0.15) is 0 Å². The highest BCUT2D eigenvalue weighted by Crippen LogP contribution is 2.72. The van der Waals surface area contributed by atoms with Crippen molar-refractivity contribution in [3.8, 4) is 0 Å². The van der Waals surface area contributed by atoms with Crippen LogP contribution in [-0.4, -0.2) is 25.3 Å². The summed E-state index contributed by atoms with van der Waals surface area (Å²) in [6.45, 7) is 10.6. The molecule has 0 saturated heterocycles. The minimum absolute atomic E-state index is 0.0198. The predicted octanol–water partition coefficient (Wildman–Crippen LogP) is 4.85. The Balaban J connectivity index is 2.64. The van der Waals surface area contributed by atoms with E-state index < -0.39 is 7.60 Å². The standard InChI is InChI=1S/C16H27O4PS/c1-7-19-21(18,20-8-2)14(22-6)12-13(17)11-9-10-16(12,5)15(11,3)4/h11H,7-10H2,1-6H3/b14-12-. The Morgan fingerprint density at radius 2 is 1.82 bits per heavy atom. The van der Waals surface area contributed by atoms with Crippen molar-refractivity contribution in [1.29, 1.82) is 0 Å². The van der Waals surface area contributed by atoms with E-state index >= 15 is 0 Å². The summed E-state index contributed by atoms with van der Waals surface area (Å²) < 4.78 is 24.8. The monoisotopic (exact) mass is 346 g/mol. The van der Waals surface area contributed by atoms with E-state index in [1.54, 1.807) is 13.8 Å². The fourth-order valence-corrected chi connectivity index (χ4v) is 7.40. The van der Waals surface area contributed by atoms with Crippen LogP contribution in [0.4, 0.5) is 0 Å². The second-order valence-corrected chi connectivity index (χ2v) is 9.80. The number of carbonyl (C=O) groups is 1. The third-order valence-electron chi connectivity index (χ3n) is 5.60. The zero-order chi connectivity index (χ0) is 16.8. The van der Waals surface area contributed by atoms with Crippen molar-refractivity contribution in [3.63, 3.8) is 0 Å². The lowest BCUT2D eigenvalue weighted by Crippen LogP contribution is -2.28. The molecular formula is C16H27O4PS. The number of allylic oxidation sites excluding steroid dienone is 1. The fraction of sp³-hybridized carbons (Fsp3) is 0.812. The van der Waals surface area contributed by atoms with Gasteiger partial charge in [0.05, 0.1) is 13.2 Å². The predicted molar refractivity (Wildman–Crippen MR) is 91.0 cm³/mol. The normalized spacial score (nSPS) is 32.6. The first-order chi connectivity index (χ1) is 10.2. The molecule has 0 aromatic carbocycles. The summed E-state index contributed by atoms with van der Waals surface area (Å²) in [5, 5.41) is 0. The molecule has 2 unspecified atom stereocenters. The van der Waals surface area contributed by atoms with E-state index in [0.29, 0.717) is 23.4 Å².